The van der Waals surface area contributed by atoms with E-state index >= 15 is 0 Å². The summed E-state index contributed by atoms with van der Waals surface area (Å²) in [6.45, 7) is 3.82. The summed E-state index contributed by atoms with van der Waals surface area (Å²) in [7, 11) is 0. The van der Waals surface area contributed by atoms with Crippen LogP contribution in [-0.2, 0) is 19.2 Å². The molecule has 0 spiro atoms. The first-order valence-corrected chi connectivity index (χ1v) is 12.5. The molecule has 0 saturated carbocycles. The summed E-state index contributed by atoms with van der Waals surface area (Å²) >= 11 is 0. The lowest BCUT2D eigenvalue weighted by Crippen LogP contribution is -2.56. The summed E-state index contributed by atoms with van der Waals surface area (Å²) in [5.74, 6) is -3.29. The normalized spacial score (nSPS) is 17.4. The van der Waals surface area contributed by atoms with Gasteiger partial charge < -0.3 is 25.4 Å². The fourth-order valence-electron chi connectivity index (χ4n) is 4.99. The highest BCUT2D eigenvalue weighted by Crippen LogP contribution is 2.36. The van der Waals surface area contributed by atoms with Gasteiger partial charge in [0.2, 0.25) is 11.8 Å². The molecule has 4 rings (SSSR count). The van der Waals surface area contributed by atoms with E-state index < -0.39 is 48.2 Å². The number of amides is 3. The van der Waals surface area contributed by atoms with Gasteiger partial charge in [-0.05, 0) is 42.0 Å². The molecule has 3 N–H and O–H groups in total. The molecule has 1 fully saturated rings. The van der Waals surface area contributed by atoms with Gasteiger partial charge in [0.15, 0.2) is 5.78 Å². The number of ketones is 1. The van der Waals surface area contributed by atoms with E-state index in [0.29, 0.717) is 30.3 Å². The molecule has 198 valence electrons. The molecule has 0 bridgehead atoms. The SMILES string of the molecule is CC(C)C(NC(=O)c1ccc2c(c1)C(=O)c1ccccc1-2)C(=O)N1CCC[C@H]1C(=O)NC(C=O)CC(=O)O. The Kier molecular flexibility index (Phi) is 7.70. The summed E-state index contributed by atoms with van der Waals surface area (Å²) in [4.78, 5) is 75.8. The molecule has 1 heterocycles. The largest absolute Gasteiger partial charge is 0.481 e. The molecule has 38 heavy (non-hydrogen) atoms. The number of carboxylic acid groups (broad SMARTS) is 1. The Morgan fingerprint density at radius 1 is 1.03 bits per heavy atom. The monoisotopic (exact) mass is 519 g/mol. The number of nitrogens with one attached hydrogen (secondary N) is 2. The van der Waals surface area contributed by atoms with Crippen LogP contribution in [0.5, 0.6) is 0 Å². The van der Waals surface area contributed by atoms with Crippen LogP contribution in [0.4, 0.5) is 0 Å². The maximum Gasteiger partial charge on any atom is 0.305 e. The maximum absolute atomic E-state index is 13.5. The standard InChI is InChI=1S/C28H29N3O7/c1-15(2)24(28(38)31-11-5-8-22(31)27(37)29-17(14-32)13-23(33)34)30-26(36)16-9-10-19-18-6-3-4-7-20(18)25(35)21(19)12-16/h3-4,6-7,9-10,12,14-15,17,22,24H,5,8,11,13H2,1-2H3,(H,29,37)(H,30,36)(H,33,34)/t17?,22-,24?/m0/s1. The van der Waals surface area contributed by atoms with Gasteiger partial charge in [-0.15, -0.1) is 0 Å². The van der Waals surface area contributed by atoms with Crippen molar-refractivity contribution in [3.63, 3.8) is 0 Å². The minimum absolute atomic E-state index is 0.163. The number of fused-ring (bicyclic) bond motifs is 3. The fourth-order valence-corrected chi connectivity index (χ4v) is 4.99. The Labute approximate surface area is 219 Å². The number of aldehydes is 1. The highest BCUT2D eigenvalue weighted by molar-refractivity contribution is 6.22. The minimum atomic E-state index is -1.23. The third-order valence-electron chi connectivity index (χ3n) is 6.93. The van der Waals surface area contributed by atoms with Crippen molar-refractivity contribution < 1.29 is 33.9 Å². The van der Waals surface area contributed by atoms with Gasteiger partial charge >= 0.3 is 5.97 Å². The number of hydrogen-bond donors (Lipinski definition) is 3. The molecule has 2 unspecified atom stereocenters. The van der Waals surface area contributed by atoms with Crippen molar-refractivity contribution >= 4 is 35.8 Å². The Morgan fingerprint density at radius 2 is 1.71 bits per heavy atom. The zero-order valence-corrected chi connectivity index (χ0v) is 21.1. The van der Waals surface area contributed by atoms with E-state index in [-0.39, 0.29) is 23.8 Å². The number of rotatable bonds is 9. The predicted octanol–water partition coefficient (Wildman–Crippen LogP) is 1.80. The average molecular weight is 520 g/mol. The van der Waals surface area contributed by atoms with Crippen molar-refractivity contribution in [1.29, 1.82) is 0 Å². The molecule has 1 saturated heterocycles. The van der Waals surface area contributed by atoms with Gasteiger partial charge in [0.25, 0.3) is 5.91 Å². The summed E-state index contributed by atoms with van der Waals surface area (Å²) in [6, 6.07) is 9.06. The van der Waals surface area contributed by atoms with E-state index in [9.17, 15) is 28.8 Å². The first-order valence-electron chi connectivity index (χ1n) is 12.5. The molecule has 10 nitrogen and oxygen atoms in total. The Bertz CT molecular complexity index is 1320. The summed E-state index contributed by atoms with van der Waals surface area (Å²) in [6.07, 6.45) is 0.683. The summed E-state index contributed by atoms with van der Waals surface area (Å²) < 4.78 is 0. The third kappa shape index (κ3) is 5.20. The van der Waals surface area contributed by atoms with Crippen LogP contribution >= 0.6 is 0 Å². The van der Waals surface area contributed by atoms with Crippen LogP contribution in [0.1, 0.15) is 59.4 Å². The molecule has 2 aliphatic rings. The second-order valence-electron chi connectivity index (χ2n) is 9.87. The van der Waals surface area contributed by atoms with Crippen molar-refractivity contribution in [2.24, 2.45) is 5.92 Å². The smallest absolute Gasteiger partial charge is 0.305 e. The van der Waals surface area contributed by atoms with Gasteiger partial charge in [-0.1, -0.05) is 44.2 Å². The number of likely N-dealkylation sites (tertiary alicyclic amines) is 1. The molecule has 1 aliphatic heterocycles. The molecule has 2 aromatic rings. The van der Waals surface area contributed by atoms with Gasteiger partial charge in [0.1, 0.15) is 18.4 Å². The van der Waals surface area contributed by atoms with Crippen LogP contribution < -0.4 is 10.6 Å². The highest BCUT2D eigenvalue weighted by Gasteiger charge is 2.39. The van der Waals surface area contributed by atoms with Crippen molar-refractivity contribution in [2.45, 2.75) is 51.2 Å². The van der Waals surface area contributed by atoms with E-state index in [1.807, 2.05) is 12.1 Å². The van der Waals surface area contributed by atoms with Gasteiger partial charge in [0, 0.05) is 23.2 Å². The van der Waals surface area contributed by atoms with E-state index in [4.69, 9.17) is 5.11 Å². The molecular weight excluding hydrogens is 490 g/mol. The molecule has 2 aromatic carbocycles. The van der Waals surface area contributed by atoms with Gasteiger partial charge in [-0.2, -0.15) is 0 Å². The molecule has 3 amide bonds. The van der Waals surface area contributed by atoms with Gasteiger partial charge in [-0.25, -0.2) is 0 Å². The Balaban J connectivity index is 1.49. The number of aliphatic carboxylic acids is 1. The summed E-state index contributed by atoms with van der Waals surface area (Å²) in [5.41, 5.74) is 2.80. The van der Waals surface area contributed by atoms with Crippen LogP contribution in [0.25, 0.3) is 11.1 Å². The van der Waals surface area contributed by atoms with Crippen LogP contribution in [0.2, 0.25) is 0 Å². The number of carbonyl (C=O) groups excluding carboxylic acids is 5. The first kappa shape index (κ1) is 26.7. The molecule has 0 radical (unpaired) electrons. The molecule has 0 aromatic heterocycles. The first-order chi connectivity index (χ1) is 18.1. The lowest BCUT2D eigenvalue weighted by atomic mass is 10.00. The molecular formula is C28H29N3O7. The number of carboxylic acids is 1. The second-order valence-corrected chi connectivity index (χ2v) is 9.87. The number of benzene rings is 2. The predicted molar refractivity (Wildman–Crippen MR) is 136 cm³/mol. The molecule has 1 aliphatic carbocycles. The van der Waals surface area contributed by atoms with E-state index in [1.54, 1.807) is 38.1 Å². The zero-order valence-electron chi connectivity index (χ0n) is 21.1. The number of carbonyl (C=O) groups is 6. The van der Waals surface area contributed by atoms with Crippen molar-refractivity contribution in [3.8, 4) is 11.1 Å². The fraction of sp³-hybridized carbons (Fsp3) is 0.357. The van der Waals surface area contributed by atoms with Gasteiger partial charge in [-0.3, -0.25) is 24.0 Å². The number of nitrogens with zero attached hydrogens (tertiary/aromatic N) is 1. The lowest BCUT2D eigenvalue weighted by Gasteiger charge is -2.31. The quantitative estimate of drug-likeness (QED) is 0.365. The topological polar surface area (TPSA) is 150 Å². The maximum atomic E-state index is 13.5. The van der Waals surface area contributed by atoms with Crippen LogP contribution in [0, 0.1) is 5.92 Å². The van der Waals surface area contributed by atoms with E-state index in [1.165, 1.54) is 11.0 Å². The van der Waals surface area contributed by atoms with Crippen molar-refractivity contribution in [3.05, 3.63) is 59.2 Å². The van der Waals surface area contributed by atoms with Crippen molar-refractivity contribution in [2.75, 3.05) is 6.54 Å². The zero-order chi connectivity index (χ0) is 27.6. The number of hydrogen-bond acceptors (Lipinski definition) is 6. The van der Waals surface area contributed by atoms with Crippen molar-refractivity contribution in [1.82, 2.24) is 15.5 Å². The van der Waals surface area contributed by atoms with E-state index in [2.05, 4.69) is 10.6 Å². The molecule has 3 atom stereocenters. The minimum Gasteiger partial charge on any atom is -0.481 e. The summed E-state index contributed by atoms with van der Waals surface area (Å²) in [5, 5.41) is 14.1. The van der Waals surface area contributed by atoms with Gasteiger partial charge in [0.05, 0.1) is 12.5 Å². The Morgan fingerprint density at radius 3 is 2.37 bits per heavy atom. The molecule has 10 heteroatoms. The third-order valence-corrected chi connectivity index (χ3v) is 6.93. The average Bonchev–Trinajstić information content (AvgIpc) is 3.49. The second kappa shape index (κ2) is 11.0. The lowest BCUT2D eigenvalue weighted by molar-refractivity contribution is -0.142. The van der Waals surface area contributed by atoms with Crippen LogP contribution in [-0.4, -0.2) is 70.4 Å². The van der Waals surface area contributed by atoms with E-state index in [0.717, 1.165) is 11.1 Å². The Hall–Kier alpha value is -4.34. The van der Waals surface area contributed by atoms with Crippen LogP contribution in [0.15, 0.2) is 42.5 Å². The van der Waals surface area contributed by atoms with Crippen LogP contribution in [0.3, 0.4) is 0 Å². The highest BCUT2D eigenvalue weighted by atomic mass is 16.4.